The Hall–Kier alpha value is -1.49. The molecule has 1 amide bonds. The molecular weight excluding hydrogens is 298 g/mol. The van der Waals surface area contributed by atoms with E-state index in [1.165, 1.54) is 0 Å². The summed E-state index contributed by atoms with van der Waals surface area (Å²) in [5, 5.41) is 3.92. The van der Waals surface area contributed by atoms with Crippen LogP contribution in [0.25, 0.3) is 11.0 Å². The number of alkyl halides is 1. The Labute approximate surface area is 113 Å². The van der Waals surface area contributed by atoms with Crippen LogP contribution in [0.5, 0.6) is 5.75 Å². The van der Waals surface area contributed by atoms with E-state index in [0.29, 0.717) is 17.0 Å². The predicted molar refractivity (Wildman–Crippen MR) is 74.4 cm³/mol. The molecule has 0 aliphatic rings. The van der Waals surface area contributed by atoms with Crippen molar-refractivity contribution < 1.29 is 13.9 Å². The van der Waals surface area contributed by atoms with Crippen LogP contribution in [0.3, 0.4) is 0 Å². The van der Waals surface area contributed by atoms with E-state index in [9.17, 15) is 4.79 Å². The van der Waals surface area contributed by atoms with Crippen LogP contribution in [0.1, 0.15) is 13.8 Å². The maximum Gasteiger partial charge on any atom is 0.235 e. The standard InChI is InChI=1S/C13H14BrNO3/c1-8(2)18-12-6-9(15-13(16)7-14)5-11-10(12)3-4-17-11/h3-6,8H,7H2,1-2H3,(H,15,16). The molecule has 1 aromatic heterocycles. The number of rotatable bonds is 4. The summed E-state index contributed by atoms with van der Waals surface area (Å²) in [6.45, 7) is 3.91. The number of nitrogens with one attached hydrogen (secondary N) is 1. The molecule has 0 saturated heterocycles. The second-order valence-electron chi connectivity index (χ2n) is 4.16. The average molecular weight is 312 g/mol. The molecule has 1 heterocycles. The first-order valence-corrected chi connectivity index (χ1v) is 6.76. The number of ether oxygens (including phenoxy) is 1. The Morgan fingerprint density at radius 2 is 2.28 bits per heavy atom. The number of carbonyl (C=O) groups is 1. The Bertz CT molecular complexity index is 562. The summed E-state index contributed by atoms with van der Waals surface area (Å²) in [6.07, 6.45) is 1.67. The van der Waals surface area contributed by atoms with Crippen molar-refractivity contribution in [2.24, 2.45) is 0 Å². The lowest BCUT2D eigenvalue weighted by atomic mass is 10.2. The minimum Gasteiger partial charge on any atom is -0.490 e. The molecule has 0 atom stereocenters. The van der Waals surface area contributed by atoms with Crippen molar-refractivity contribution in [3.8, 4) is 5.75 Å². The third-order valence-electron chi connectivity index (χ3n) is 2.30. The molecule has 1 aromatic carbocycles. The second kappa shape index (κ2) is 5.44. The number of anilines is 1. The first-order valence-electron chi connectivity index (χ1n) is 5.64. The highest BCUT2D eigenvalue weighted by Gasteiger charge is 2.10. The van der Waals surface area contributed by atoms with Crippen LogP contribution >= 0.6 is 15.9 Å². The van der Waals surface area contributed by atoms with Gasteiger partial charge in [-0.2, -0.15) is 0 Å². The lowest BCUT2D eigenvalue weighted by Gasteiger charge is -2.12. The second-order valence-corrected chi connectivity index (χ2v) is 4.72. The zero-order valence-corrected chi connectivity index (χ0v) is 11.8. The van der Waals surface area contributed by atoms with Crippen molar-refractivity contribution in [2.45, 2.75) is 20.0 Å². The molecule has 1 N–H and O–H groups in total. The lowest BCUT2D eigenvalue weighted by Crippen LogP contribution is -2.12. The maximum absolute atomic E-state index is 11.4. The predicted octanol–water partition coefficient (Wildman–Crippen LogP) is 3.55. The fourth-order valence-electron chi connectivity index (χ4n) is 1.66. The first kappa shape index (κ1) is 13.0. The summed E-state index contributed by atoms with van der Waals surface area (Å²) in [7, 11) is 0. The highest BCUT2D eigenvalue weighted by molar-refractivity contribution is 9.09. The first-order chi connectivity index (χ1) is 8.60. The van der Waals surface area contributed by atoms with Gasteiger partial charge in [-0.15, -0.1) is 0 Å². The van der Waals surface area contributed by atoms with E-state index in [1.807, 2.05) is 19.9 Å². The Balaban J connectivity index is 2.40. The number of carbonyl (C=O) groups excluding carboxylic acids is 1. The molecule has 96 valence electrons. The quantitative estimate of drug-likeness (QED) is 0.878. The number of fused-ring (bicyclic) bond motifs is 1. The lowest BCUT2D eigenvalue weighted by molar-refractivity contribution is -0.113. The molecule has 0 bridgehead atoms. The summed E-state index contributed by atoms with van der Waals surface area (Å²) in [5.41, 5.74) is 1.36. The van der Waals surface area contributed by atoms with Crippen LogP contribution in [-0.2, 0) is 4.79 Å². The zero-order valence-electron chi connectivity index (χ0n) is 10.2. The van der Waals surface area contributed by atoms with Gasteiger partial charge in [0.05, 0.1) is 23.1 Å². The topological polar surface area (TPSA) is 51.5 Å². The molecular formula is C13H14BrNO3. The summed E-state index contributed by atoms with van der Waals surface area (Å²) < 4.78 is 11.1. The molecule has 0 aliphatic carbocycles. The fourth-order valence-corrected chi connectivity index (χ4v) is 1.80. The monoisotopic (exact) mass is 311 g/mol. The largest absolute Gasteiger partial charge is 0.490 e. The molecule has 5 heteroatoms. The van der Waals surface area contributed by atoms with E-state index in [4.69, 9.17) is 9.15 Å². The molecule has 2 rings (SSSR count). The number of amides is 1. The van der Waals surface area contributed by atoms with Gasteiger partial charge in [0.15, 0.2) is 0 Å². The fraction of sp³-hybridized carbons (Fsp3) is 0.308. The van der Waals surface area contributed by atoms with Crippen molar-refractivity contribution in [3.63, 3.8) is 0 Å². The van der Waals surface area contributed by atoms with Gasteiger partial charge in [0.2, 0.25) is 5.91 Å². The van der Waals surface area contributed by atoms with Crippen LogP contribution < -0.4 is 10.1 Å². The normalized spacial score (nSPS) is 10.9. The van der Waals surface area contributed by atoms with Gasteiger partial charge in [-0.25, -0.2) is 0 Å². The molecule has 2 aromatic rings. The molecule has 0 aliphatic heterocycles. The van der Waals surface area contributed by atoms with Crippen molar-refractivity contribution in [3.05, 3.63) is 24.5 Å². The molecule has 18 heavy (non-hydrogen) atoms. The van der Waals surface area contributed by atoms with Gasteiger partial charge in [-0.3, -0.25) is 4.79 Å². The van der Waals surface area contributed by atoms with Gasteiger partial charge in [0.25, 0.3) is 0 Å². The van der Waals surface area contributed by atoms with Gasteiger partial charge in [0, 0.05) is 17.8 Å². The summed E-state index contributed by atoms with van der Waals surface area (Å²) in [5.74, 6) is 0.595. The van der Waals surface area contributed by atoms with E-state index in [1.54, 1.807) is 18.4 Å². The average Bonchev–Trinajstić information content (AvgIpc) is 2.76. The minimum absolute atomic E-state index is 0.0604. The molecule has 0 radical (unpaired) electrons. The van der Waals surface area contributed by atoms with E-state index in [0.717, 1.165) is 5.39 Å². The van der Waals surface area contributed by atoms with Gasteiger partial charge in [-0.05, 0) is 19.9 Å². The van der Waals surface area contributed by atoms with Gasteiger partial charge < -0.3 is 14.5 Å². The van der Waals surface area contributed by atoms with Crippen molar-refractivity contribution >= 4 is 38.5 Å². The number of halogens is 1. The van der Waals surface area contributed by atoms with Gasteiger partial charge in [0.1, 0.15) is 11.3 Å². The zero-order chi connectivity index (χ0) is 13.1. The third-order valence-corrected chi connectivity index (χ3v) is 2.81. The third kappa shape index (κ3) is 2.85. The summed E-state index contributed by atoms with van der Waals surface area (Å²) in [6, 6.07) is 5.44. The summed E-state index contributed by atoms with van der Waals surface area (Å²) >= 11 is 3.11. The number of benzene rings is 1. The van der Waals surface area contributed by atoms with Crippen molar-refractivity contribution in [2.75, 3.05) is 10.6 Å². The van der Waals surface area contributed by atoms with E-state index in [2.05, 4.69) is 21.2 Å². The van der Waals surface area contributed by atoms with Gasteiger partial charge in [-0.1, -0.05) is 15.9 Å². The van der Waals surface area contributed by atoms with Gasteiger partial charge >= 0.3 is 0 Å². The Morgan fingerprint density at radius 3 is 2.94 bits per heavy atom. The van der Waals surface area contributed by atoms with Crippen LogP contribution in [0.4, 0.5) is 5.69 Å². The number of hydrogen-bond acceptors (Lipinski definition) is 3. The van der Waals surface area contributed by atoms with Crippen molar-refractivity contribution in [1.82, 2.24) is 0 Å². The summed E-state index contributed by atoms with van der Waals surface area (Å²) in [4.78, 5) is 11.4. The molecule has 0 saturated carbocycles. The molecule has 0 spiro atoms. The molecule has 0 fully saturated rings. The van der Waals surface area contributed by atoms with Crippen LogP contribution in [0.2, 0.25) is 0 Å². The SMILES string of the molecule is CC(C)Oc1cc(NC(=O)CBr)cc2occc12. The Morgan fingerprint density at radius 1 is 1.50 bits per heavy atom. The van der Waals surface area contributed by atoms with Crippen molar-refractivity contribution in [1.29, 1.82) is 0 Å². The van der Waals surface area contributed by atoms with Crippen LogP contribution in [0, 0.1) is 0 Å². The van der Waals surface area contributed by atoms with Crippen LogP contribution in [0.15, 0.2) is 28.9 Å². The maximum atomic E-state index is 11.4. The van der Waals surface area contributed by atoms with E-state index >= 15 is 0 Å². The highest BCUT2D eigenvalue weighted by Crippen LogP contribution is 2.31. The smallest absolute Gasteiger partial charge is 0.235 e. The highest BCUT2D eigenvalue weighted by atomic mass is 79.9. The molecule has 0 unspecified atom stereocenters. The Kier molecular flexibility index (Phi) is 3.91. The van der Waals surface area contributed by atoms with Crippen LogP contribution in [-0.4, -0.2) is 17.3 Å². The van der Waals surface area contributed by atoms with E-state index in [-0.39, 0.29) is 17.3 Å². The van der Waals surface area contributed by atoms with E-state index < -0.39 is 0 Å². The minimum atomic E-state index is -0.114. The number of furan rings is 1. The number of hydrogen-bond donors (Lipinski definition) is 1. The molecule has 4 nitrogen and oxygen atoms in total.